The number of nitrogens with one attached hydrogen (secondary N) is 1. The van der Waals surface area contributed by atoms with Gasteiger partial charge in [0.15, 0.2) is 0 Å². The van der Waals surface area contributed by atoms with Crippen molar-refractivity contribution in [1.29, 1.82) is 0 Å². The van der Waals surface area contributed by atoms with Crippen molar-refractivity contribution in [1.82, 2.24) is 5.32 Å². The first kappa shape index (κ1) is 13.3. The Hall–Kier alpha value is -0.810. The molecule has 1 saturated carbocycles. The average molecular weight is 231 g/mol. The highest BCUT2D eigenvalue weighted by Gasteiger charge is 2.33. The standard InChI is InChI=1S/C11H21NO4/c1-11(2,3)16-10(15)12-8-4-7(6-13)9(14)5-8/h7-9,13-14H,4-6H2,1-3H3,(H,12,15)/t7-,8-,9?/m1/s1. The molecule has 94 valence electrons. The van der Waals surface area contributed by atoms with E-state index in [9.17, 15) is 9.90 Å². The van der Waals surface area contributed by atoms with Crippen LogP contribution >= 0.6 is 0 Å². The zero-order valence-corrected chi connectivity index (χ0v) is 10.1. The van der Waals surface area contributed by atoms with E-state index in [1.165, 1.54) is 0 Å². The van der Waals surface area contributed by atoms with E-state index in [0.717, 1.165) is 0 Å². The Morgan fingerprint density at radius 1 is 1.44 bits per heavy atom. The lowest BCUT2D eigenvalue weighted by Gasteiger charge is -2.21. The molecule has 1 fully saturated rings. The Labute approximate surface area is 95.8 Å². The fourth-order valence-electron chi connectivity index (χ4n) is 1.89. The first-order valence-electron chi connectivity index (χ1n) is 5.60. The second-order valence-corrected chi connectivity index (χ2v) is 5.32. The minimum Gasteiger partial charge on any atom is -0.444 e. The summed E-state index contributed by atoms with van der Waals surface area (Å²) in [5.74, 6) is -0.139. The van der Waals surface area contributed by atoms with E-state index in [1.54, 1.807) is 20.8 Å². The number of hydrogen-bond donors (Lipinski definition) is 3. The van der Waals surface area contributed by atoms with E-state index in [2.05, 4.69) is 5.32 Å². The Kier molecular flexibility index (Phi) is 4.15. The molecule has 0 saturated heterocycles. The van der Waals surface area contributed by atoms with Crippen LogP contribution in [0.3, 0.4) is 0 Å². The maximum atomic E-state index is 11.4. The van der Waals surface area contributed by atoms with Gasteiger partial charge in [-0.15, -0.1) is 0 Å². The first-order chi connectivity index (χ1) is 7.31. The number of amides is 1. The monoisotopic (exact) mass is 231 g/mol. The van der Waals surface area contributed by atoms with Crippen LogP contribution in [0.5, 0.6) is 0 Å². The fourth-order valence-corrected chi connectivity index (χ4v) is 1.89. The van der Waals surface area contributed by atoms with Crippen LogP contribution in [0.4, 0.5) is 4.79 Å². The van der Waals surface area contributed by atoms with Crippen molar-refractivity contribution in [2.24, 2.45) is 5.92 Å². The second kappa shape index (κ2) is 5.01. The van der Waals surface area contributed by atoms with Gasteiger partial charge in [-0.25, -0.2) is 4.79 Å². The maximum Gasteiger partial charge on any atom is 0.407 e. The van der Waals surface area contributed by atoms with Crippen molar-refractivity contribution in [3.05, 3.63) is 0 Å². The van der Waals surface area contributed by atoms with Gasteiger partial charge < -0.3 is 20.3 Å². The van der Waals surface area contributed by atoms with Crippen LogP contribution in [0.1, 0.15) is 33.6 Å². The summed E-state index contributed by atoms with van der Waals surface area (Å²) in [4.78, 5) is 11.4. The van der Waals surface area contributed by atoms with Crippen LogP contribution < -0.4 is 5.32 Å². The maximum absolute atomic E-state index is 11.4. The summed E-state index contributed by atoms with van der Waals surface area (Å²) in [5.41, 5.74) is -0.516. The summed E-state index contributed by atoms with van der Waals surface area (Å²) >= 11 is 0. The number of ether oxygens (including phenoxy) is 1. The largest absolute Gasteiger partial charge is 0.444 e. The summed E-state index contributed by atoms with van der Waals surface area (Å²) in [6.07, 6.45) is 0.0645. The van der Waals surface area contributed by atoms with Crippen LogP contribution in [0.25, 0.3) is 0 Å². The highest BCUT2D eigenvalue weighted by Crippen LogP contribution is 2.25. The summed E-state index contributed by atoms with van der Waals surface area (Å²) in [7, 11) is 0. The molecule has 5 heteroatoms. The Balaban J connectivity index is 2.36. The molecular weight excluding hydrogens is 210 g/mol. The van der Waals surface area contributed by atoms with E-state index < -0.39 is 17.8 Å². The molecule has 0 heterocycles. The minimum atomic E-state index is -0.537. The SMILES string of the molecule is CC(C)(C)OC(=O)N[C@H]1CC(O)[C@@H](CO)C1. The molecule has 0 radical (unpaired) electrons. The van der Waals surface area contributed by atoms with E-state index >= 15 is 0 Å². The van der Waals surface area contributed by atoms with Crippen molar-refractivity contribution in [2.45, 2.75) is 51.4 Å². The van der Waals surface area contributed by atoms with Gasteiger partial charge in [-0.1, -0.05) is 0 Å². The van der Waals surface area contributed by atoms with Crippen molar-refractivity contribution in [3.8, 4) is 0 Å². The molecule has 0 aromatic rings. The van der Waals surface area contributed by atoms with E-state index in [0.29, 0.717) is 12.8 Å². The molecule has 0 aliphatic heterocycles. The highest BCUT2D eigenvalue weighted by molar-refractivity contribution is 5.68. The molecule has 0 aromatic carbocycles. The van der Waals surface area contributed by atoms with Crippen LogP contribution in [-0.4, -0.2) is 40.7 Å². The van der Waals surface area contributed by atoms with Crippen LogP contribution in [0.15, 0.2) is 0 Å². The van der Waals surface area contributed by atoms with Gasteiger partial charge in [0.05, 0.1) is 6.10 Å². The third-order valence-electron chi connectivity index (χ3n) is 2.61. The summed E-state index contributed by atoms with van der Waals surface area (Å²) < 4.78 is 5.11. The third kappa shape index (κ3) is 3.98. The van der Waals surface area contributed by atoms with Crippen molar-refractivity contribution in [3.63, 3.8) is 0 Å². The van der Waals surface area contributed by atoms with E-state index in [1.807, 2.05) is 0 Å². The second-order valence-electron chi connectivity index (χ2n) is 5.32. The molecule has 3 N–H and O–H groups in total. The van der Waals surface area contributed by atoms with Gasteiger partial charge in [0.1, 0.15) is 5.60 Å². The van der Waals surface area contributed by atoms with E-state index in [-0.39, 0.29) is 18.6 Å². The van der Waals surface area contributed by atoms with Crippen molar-refractivity contribution in [2.75, 3.05) is 6.61 Å². The topological polar surface area (TPSA) is 78.8 Å². The fraction of sp³-hybridized carbons (Fsp3) is 0.909. The number of alkyl carbamates (subject to hydrolysis) is 1. The number of aliphatic hydroxyl groups is 2. The Morgan fingerprint density at radius 2 is 2.06 bits per heavy atom. The summed E-state index contributed by atoms with van der Waals surface area (Å²) in [6.45, 7) is 5.35. The van der Waals surface area contributed by atoms with Crippen LogP contribution in [0, 0.1) is 5.92 Å². The van der Waals surface area contributed by atoms with E-state index in [4.69, 9.17) is 9.84 Å². The normalized spacial score (nSPS) is 30.2. The zero-order valence-electron chi connectivity index (χ0n) is 10.1. The van der Waals surface area contributed by atoms with Gasteiger partial charge >= 0.3 is 6.09 Å². The molecule has 1 aliphatic carbocycles. The van der Waals surface area contributed by atoms with Gasteiger partial charge in [-0.2, -0.15) is 0 Å². The van der Waals surface area contributed by atoms with Crippen molar-refractivity contribution >= 4 is 6.09 Å². The van der Waals surface area contributed by atoms with Crippen LogP contribution in [-0.2, 0) is 4.74 Å². The molecule has 0 spiro atoms. The minimum absolute atomic E-state index is 0.0480. The number of carbonyl (C=O) groups is 1. The lowest BCUT2D eigenvalue weighted by atomic mass is 10.1. The summed E-state index contributed by atoms with van der Waals surface area (Å²) in [5, 5.41) is 21.2. The quantitative estimate of drug-likeness (QED) is 0.651. The third-order valence-corrected chi connectivity index (χ3v) is 2.61. The number of carbonyl (C=O) groups excluding carboxylic acids is 1. The molecule has 0 bridgehead atoms. The van der Waals surface area contributed by atoms with Gasteiger partial charge in [0, 0.05) is 18.6 Å². The Bertz CT molecular complexity index is 249. The first-order valence-corrected chi connectivity index (χ1v) is 5.60. The molecule has 1 aliphatic rings. The smallest absolute Gasteiger partial charge is 0.407 e. The summed E-state index contributed by atoms with van der Waals surface area (Å²) in [6, 6.07) is -0.109. The molecule has 1 rings (SSSR count). The highest BCUT2D eigenvalue weighted by atomic mass is 16.6. The molecule has 0 aromatic heterocycles. The lowest BCUT2D eigenvalue weighted by molar-refractivity contribution is 0.0502. The zero-order chi connectivity index (χ0) is 12.3. The predicted octanol–water partition coefficient (Wildman–Crippen LogP) is 0.643. The van der Waals surface area contributed by atoms with Gasteiger partial charge in [0.2, 0.25) is 0 Å². The number of hydrogen-bond acceptors (Lipinski definition) is 4. The van der Waals surface area contributed by atoms with Gasteiger partial charge in [-0.05, 0) is 33.6 Å². The molecule has 16 heavy (non-hydrogen) atoms. The average Bonchev–Trinajstić information content (AvgIpc) is 2.42. The number of aliphatic hydroxyl groups excluding tert-OH is 2. The molecular formula is C11H21NO4. The van der Waals surface area contributed by atoms with Gasteiger partial charge in [0.25, 0.3) is 0 Å². The Morgan fingerprint density at radius 3 is 2.50 bits per heavy atom. The molecule has 5 nitrogen and oxygen atoms in total. The van der Waals surface area contributed by atoms with Gasteiger partial charge in [-0.3, -0.25) is 0 Å². The predicted molar refractivity (Wildman–Crippen MR) is 59.0 cm³/mol. The van der Waals surface area contributed by atoms with Crippen molar-refractivity contribution < 1.29 is 19.7 Å². The van der Waals surface area contributed by atoms with Crippen LogP contribution in [0.2, 0.25) is 0 Å². The lowest BCUT2D eigenvalue weighted by Crippen LogP contribution is -2.38. The molecule has 1 amide bonds. The molecule has 3 atom stereocenters. The number of rotatable bonds is 2. The molecule has 1 unspecified atom stereocenters.